The number of aryl methyl sites for hydroxylation is 1. The average molecular weight is 349 g/mol. The fourth-order valence-corrected chi connectivity index (χ4v) is 2.36. The Kier molecular flexibility index (Phi) is 4.30. The number of aromatic nitrogens is 4. The van der Waals surface area contributed by atoms with E-state index in [0.29, 0.717) is 23.6 Å². The second-order valence-electron chi connectivity index (χ2n) is 5.43. The highest BCUT2D eigenvalue weighted by molar-refractivity contribution is 5.57. The van der Waals surface area contributed by atoms with Crippen LogP contribution in [0.3, 0.4) is 0 Å². The van der Waals surface area contributed by atoms with Gasteiger partial charge < -0.3 is 10.5 Å². The maximum atomic E-state index is 12.4. The lowest BCUT2D eigenvalue weighted by molar-refractivity contribution is -0.274. The summed E-state index contributed by atoms with van der Waals surface area (Å²) < 4.78 is 42.6. The highest BCUT2D eigenvalue weighted by atomic mass is 19.4. The average Bonchev–Trinajstić information content (AvgIpc) is 2.98. The summed E-state index contributed by atoms with van der Waals surface area (Å²) in [5, 5.41) is 11.4. The summed E-state index contributed by atoms with van der Waals surface area (Å²) in [4.78, 5) is 0. The topological polar surface area (TPSA) is 78.8 Å². The van der Waals surface area contributed by atoms with E-state index in [4.69, 9.17) is 5.73 Å². The van der Waals surface area contributed by atoms with Gasteiger partial charge in [-0.25, -0.2) is 4.68 Å². The molecule has 0 fully saturated rings. The van der Waals surface area contributed by atoms with E-state index in [1.807, 2.05) is 19.1 Å². The second-order valence-corrected chi connectivity index (χ2v) is 5.43. The number of hydrogen-bond donors (Lipinski definition) is 1. The molecule has 0 aliphatic heterocycles. The minimum Gasteiger partial charge on any atom is -0.406 e. The molecule has 0 saturated carbocycles. The molecule has 9 heteroatoms. The molecule has 0 aliphatic carbocycles. The van der Waals surface area contributed by atoms with Gasteiger partial charge in [0.15, 0.2) is 5.82 Å². The number of anilines is 1. The van der Waals surface area contributed by atoms with Crippen LogP contribution < -0.4 is 10.5 Å². The molecule has 0 unspecified atom stereocenters. The molecule has 3 aromatic rings. The minimum atomic E-state index is -4.76. The first-order valence-corrected chi connectivity index (χ1v) is 7.29. The Hall–Kier alpha value is -3.10. The zero-order chi connectivity index (χ0) is 18.0. The lowest BCUT2D eigenvalue weighted by Gasteiger charge is -2.10. The Morgan fingerprint density at radius 3 is 2.68 bits per heavy atom. The van der Waals surface area contributed by atoms with Crippen molar-refractivity contribution >= 4 is 5.69 Å². The number of ether oxygens (including phenoxy) is 1. The van der Waals surface area contributed by atoms with Crippen LogP contribution in [-0.4, -0.2) is 26.6 Å². The number of nitrogens with two attached hydrogens (primary N) is 1. The third kappa shape index (κ3) is 4.06. The molecule has 0 atom stereocenters. The van der Waals surface area contributed by atoms with E-state index < -0.39 is 6.36 Å². The van der Waals surface area contributed by atoms with E-state index in [2.05, 4.69) is 20.3 Å². The maximum absolute atomic E-state index is 12.4. The number of hydrogen-bond acceptors (Lipinski definition) is 5. The zero-order valence-electron chi connectivity index (χ0n) is 13.2. The molecular weight excluding hydrogens is 335 g/mol. The number of rotatable bonds is 4. The molecule has 6 nitrogen and oxygen atoms in total. The molecule has 0 radical (unpaired) electrons. The van der Waals surface area contributed by atoms with Crippen LogP contribution in [0.5, 0.6) is 5.75 Å². The van der Waals surface area contributed by atoms with Crippen LogP contribution in [0.2, 0.25) is 0 Å². The van der Waals surface area contributed by atoms with Crippen molar-refractivity contribution in [3.8, 4) is 17.1 Å². The van der Waals surface area contributed by atoms with Gasteiger partial charge in [-0.15, -0.1) is 18.3 Å². The smallest absolute Gasteiger partial charge is 0.406 e. The van der Waals surface area contributed by atoms with Crippen LogP contribution in [0.1, 0.15) is 11.1 Å². The number of nitrogen functional groups attached to an aromatic ring is 1. The molecule has 25 heavy (non-hydrogen) atoms. The van der Waals surface area contributed by atoms with Gasteiger partial charge in [0, 0.05) is 11.3 Å². The van der Waals surface area contributed by atoms with Crippen molar-refractivity contribution in [2.45, 2.75) is 19.8 Å². The van der Waals surface area contributed by atoms with Crippen LogP contribution in [0.4, 0.5) is 18.9 Å². The van der Waals surface area contributed by atoms with Gasteiger partial charge in [0.25, 0.3) is 0 Å². The molecular formula is C16H14F3N5O. The zero-order valence-corrected chi connectivity index (χ0v) is 13.2. The molecule has 3 rings (SSSR count). The van der Waals surface area contributed by atoms with Gasteiger partial charge in [0.2, 0.25) is 0 Å². The van der Waals surface area contributed by atoms with Crippen LogP contribution in [0, 0.1) is 6.92 Å². The van der Waals surface area contributed by atoms with E-state index in [-0.39, 0.29) is 5.75 Å². The summed E-state index contributed by atoms with van der Waals surface area (Å²) >= 11 is 0. The summed E-state index contributed by atoms with van der Waals surface area (Å²) in [7, 11) is 0. The van der Waals surface area contributed by atoms with Gasteiger partial charge in [-0.2, -0.15) is 0 Å². The first-order chi connectivity index (χ1) is 11.8. The molecule has 0 aliphatic rings. The van der Waals surface area contributed by atoms with Crippen molar-refractivity contribution < 1.29 is 17.9 Å². The molecule has 1 heterocycles. The largest absolute Gasteiger partial charge is 0.573 e. The van der Waals surface area contributed by atoms with Gasteiger partial charge in [-0.05, 0) is 46.7 Å². The third-order valence-electron chi connectivity index (χ3n) is 3.52. The third-order valence-corrected chi connectivity index (χ3v) is 3.52. The normalized spacial score (nSPS) is 11.5. The Morgan fingerprint density at radius 2 is 1.96 bits per heavy atom. The van der Waals surface area contributed by atoms with Crippen LogP contribution in [0.25, 0.3) is 11.4 Å². The second kappa shape index (κ2) is 6.42. The Morgan fingerprint density at radius 1 is 1.16 bits per heavy atom. The lowest BCUT2D eigenvalue weighted by atomic mass is 10.1. The summed E-state index contributed by atoms with van der Waals surface area (Å²) in [6.45, 7) is 2.24. The fourth-order valence-electron chi connectivity index (χ4n) is 2.36. The SMILES string of the molecule is Cc1cc(Cn2nnnc2-c2cccc(OC(F)(F)F)c2)ccc1N. The maximum Gasteiger partial charge on any atom is 0.573 e. The summed E-state index contributed by atoms with van der Waals surface area (Å²) in [6.07, 6.45) is -4.76. The molecule has 130 valence electrons. The van der Waals surface area contributed by atoms with E-state index in [1.165, 1.54) is 22.9 Å². The molecule has 0 bridgehead atoms. The number of benzene rings is 2. The van der Waals surface area contributed by atoms with Crippen LogP contribution >= 0.6 is 0 Å². The van der Waals surface area contributed by atoms with E-state index in [0.717, 1.165) is 11.1 Å². The minimum absolute atomic E-state index is 0.331. The van der Waals surface area contributed by atoms with Crippen LogP contribution in [-0.2, 0) is 6.54 Å². The molecule has 0 spiro atoms. The van der Waals surface area contributed by atoms with E-state index in [1.54, 1.807) is 12.1 Å². The predicted octanol–water partition coefficient (Wildman–Crippen LogP) is 3.18. The highest BCUT2D eigenvalue weighted by Gasteiger charge is 2.31. The first kappa shape index (κ1) is 16.7. The Balaban J connectivity index is 1.89. The number of tetrazole rings is 1. The molecule has 0 amide bonds. The molecule has 2 aromatic carbocycles. The van der Waals surface area contributed by atoms with E-state index >= 15 is 0 Å². The van der Waals surface area contributed by atoms with E-state index in [9.17, 15) is 13.2 Å². The standard InChI is InChI=1S/C16H14F3N5O/c1-10-7-11(5-6-14(10)20)9-24-15(21-22-23-24)12-3-2-4-13(8-12)25-16(17,18)19/h2-8H,9,20H2,1H3. The summed E-state index contributed by atoms with van der Waals surface area (Å²) in [6, 6.07) is 11.0. The molecule has 2 N–H and O–H groups in total. The van der Waals surface area contributed by atoms with Crippen molar-refractivity contribution in [1.29, 1.82) is 0 Å². The van der Waals surface area contributed by atoms with Gasteiger partial charge >= 0.3 is 6.36 Å². The molecule has 0 saturated heterocycles. The number of nitrogens with zero attached hydrogens (tertiary/aromatic N) is 4. The Labute approximate surface area is 141 Å². The van der Waals surface area contributed by atoms with Gasteiger partial charge in [0.1, 0.15) is 5.75 Å². The van der Waals surface area contributed by atoms with Gasteiger partial charge in [-0.1, -0.05) is 24.3 Å². The van der Waals surface area contributed by atoms with Crippen molar-refractivity contribution in [1.82, 2.24) is 20.2 Å². The van der Waals surface area contributed by atoms with Crippen molar-refractivity contribution in [2.75, 3.05) is 5.73 Å². The fraction of sp³-hybridized carbons (Fsp3) is 0.188. The van der Waals surface area contributed by atoms with Crippen molar-refractivity contribution in [3.05, 3.63) is 53.6 Å². The van der Waals surface area contributed by atoms with Crippen molar-refractivity contribution in [3.63, 3.8) is 0 Å². The quantitative estimate of drug-likeness (QED) is 0.732. The monoisotopic (exact) mass is 349 g/mol. The Bertz CT molecular complexity index is 891. The molecule has 1 aromatic heterocycles. The van der Waals surface area contributed by atoms with Gasteiger partial charge in [-0.3, -0.25) is 0 Å². The number of alkyl halides is 3. The first-order valence-electron chi connectivity index (χ1n) is 7.29. The predicted molar refractivity (Wildman–Crippen MR) is 84.6 cm³/mol. The highest BCUT2D eigenvalue weighted by Crippen LogP contribution is 2.27. The van der Waals surface area contributed by atoms with Crippen molar-refractivity contribution in [2.24, 2.45) is 0 Å². The number of halogens is 3. The lowest BCUT2D eigenvalue weighted by Crippen LogP contribution is -2.17. The summed E-state index contributed by atoms with van der Waals surface area (Å²) in [5.74, 6) is 0.00461. The summed E-state index contributed by atoms with van der Waals surface area (Å²) in [5.41, 5.74) is 8.73. The van der Waals surface area contributed by atoms with Crippen LogP contribution in [0.15, 0.2) is 42.5 Å². The van der Waals surface area contributed by atoms with Gasteiger partial charge in [0.05, 0.1) is 6.54 Å².